The molecule has 0 spiro atoms. The standard InChI is InChI=1S/C22H23NO3.ClH/c1-3-25-22(24)19-10-8-18(9-11-19)21-13-12-20(26-21)15-23-14-17-6-4-16(2)5-7-17;/h4-13,23H,3,14-15H2,1-2H3;1H. The van der Waals surface area contributed by atoms with Crippen molar-refractivity contribution in [1.82, 2.24) is 5.32 Å². The topological polar surface area (TPSA) is 51.5 Å². The quantitative estimate of drug-likeness (QED) is 0.572. The summed E-state index contributed by atoms with van der Waals surface area (Å²) >= 11 is 0. The molecule has 0 saturated heterocycles. The molecule has 142 valence electrons. The Morgan fingerprint density at radius 2 is 1.67 bits per heavy atom. The van der Waals surface area contributed by atoms with Gasteiger partial charge in [-0.25, -0.2) is 4.79 Å². The van der Waals surface area contributed by atoms with Crippen LogP contribution in [-0.2, 0) is 17.8 Å². The molecule has 0 fully saturated rings. The number of halogens is 1. The second-order valence-corrected chi connectivity index (χ2v) is 6.15. The summed E-state index contributed by atoms with van der Waals surface area (Å²) in [5.41, 5.74) is 3.99. The molecule has 1 aromatic heterocycles. The van der Waals surface area contributed by atoms with Crippen molar-refractivity contribution in [3.63, 3.8) is 0 Å². The molecular weight excluding hydrogens is 362 g/mol. The van der Waals surface area contributed by atoms with Gasteiger partial charge in [0.05, 0.1) is 18.7 Å². The van der Waals surface area contributed by atoms with Crippen molar-refractivity contribution in [1.29, 1.82) is 0 Å². The predicted octanol–water partition coefficient (Wildman–Crippen LogP) is 5.14. The van der Waals surface area contributed by atoms with Crippen molar-refractivity contribution in [2.24, 2.45) is 0 Å². The smallest absolute Gasteiger partial charge is 0.338 e. The Kier molecular flexibility index (Phi) is 7.65. The van der Waals surface area contributed by atoms with Crippen LogP contribution >= 0.6 is 12.4 Å². The Bertz CT molecular complexity index is 854. The minimum absolute atomic E-state index is 0. The molecule has 27 heavy (non-hydrogen) atoms. The van der Waals surface area contributed by atoms with Crippen molar-refractivity contribution in [3.8, 4) is 11.3 Å². The van der Waals surface area contributed by atoms with Crippen LogP contribution in [0.25, 0.3) is 11.3 Å². The fourth-order valence-corrected chi connectivity index (χ4v) is 2.65. The number of hydrogen-bond acceptors (Lipinski definition) is 4. The molecule has 0 bridgehead atoms. The van der Waals surface area contributed by atoms with Gasteiger partial charge in [-0.1, -0.05) is 42.0 Å². The summed E-state index contributed by atoms with van der Waals surface area (Å²) in [6, 6.07) is 19.6. The summed E-state index contributed by atoms with van der Waals surface area (Å²) in [6.07, 6.45) is 0. The lowest BCUT2D eigenvalue weighted by Gasteiger charge is -2.04. The van der Waals surface area contributed by atoms with E-state index in [0.29, 0.717) is 18.7 Å². The highest BCUT2D eigenvalue weighted by molar-refractivity contribution is 5.89. The summed E-state index contributed by atoms with van der Waals surface area (Å²) in [4.78, 5) is 11.7. The molecule has 0 unspecified atom stereocenters. The zero-order valence-electron chi connectivity index (χ0n) is 15.5. The zero-order chi connectivity index (χ0) is 18.4. The molecule has 0 atom stereocenters. The Morgan fingerprint density at radius 3 is 2.33 bits per heavy atom. The average Bonchev–Trinajstić information content (AvgIpc) is 3.13. The van der Waals surface area contributed by atoms with Crippen LogP contribution in [0.5, 0.6) is 0 Å². The van der Waals surface area contributed by atoms with Crippen LogP contribution in [0.3, 0.4) is 0 Å². The minimum atomic E-state index is -0.306. The van der Waals surface area contributed by atoms with Crippen LogP contribution in [0.4, 0.5) is 0 Å². The second kappa shape index (κ2) is 9.95. The summed E-state index contributed by atoms with van der Waals surface area (Å²) in [5, 5.41) is 3.39. The molecule has 0 aliphatic rings. The van der Waals surface area contributed by atoms with E-state index in [1.807, 2.05) is 24.3 Å². The highest BCUT2D eigenvalue weighted by atomic mass is 35.5. The molecule has 3 aromatic rings. The van der Waals surface area contributed by atoms with E-state index in [1.54, 1.807) is 19.1 Å². The van der Waals surface area contributed by atoms with E-state index in [9.17, 15) is 4.79 Å². The molecular formula is C22H24ClNO3. The fourth-order valence-electron chi connectivity index (χ4n) is 2.65. The van der Waals surface area contributed by atoms with E-state index < -0.39 is 0 Å². The van der Waals surface area contributed by atoms with Crippen molar-refractivity contribution in [3.05, 3.63) is 83.1 Å². The number of ether oxygens (including phenoxy) is 1. The number of carbonyl (C=O) groups is 1. The van der Waals surface area contributed by atoms with Gasteiger partial charge in [-0.3, -0.25) is 0 Å². The van der Waals surface area contributed by atoms with Crippen LogP contribution in [-0.4, -0.2) is 12.6 Å². The largest absolute Gasteiger partial charge is 0.462 e. The molecule has 5 heteroatoms. The lowest BCUT2D eigenvalue weighted by Crippen LogP contribution is -2.11. The number of furan rings is 1. The number of benzene rings is 2. The molecule has 1 N–H and O–H groups in total. The maximum Gasteiger partial charge on any atom is 0.338 e. The molecule has 4 nitrogen and oxygen atoms in total. The van der Waals surface area contributed by atoms with E-state index in [1.165, 1.54) is 11.1 Å². The van der Waals surface area contributed by atoms with E-state index in [-0.39, 0.29) is 18.4 Å². The third-order valence-electron chi connectivity index (χ3n) is 4.09. The van der Waals surface area contributed by atoms with Gasteiger partial charge in [0.25, 0.3) is 0 Å². The summed E-state index contributed by atoms with van der Waals surface area (Å²) in [7, 11) is 0. The number of esters is 1. The van der Waals surface area contributed by atoms with Gasteiger partial charge < -0.3 is 14.5 Å². The maximum atomic E-state index is 11.7. The fraction of sp³-hybridized carbons (Fsp3) is 0.227. The van der Waals surface area contributed by atoms with Crippen molar-refractivity contribution in [2.75, 3.05) is 6.61 Å². The van der Waals surface area contributed by atoms with E-state index >= 15 is 0 Å². The zero-order valence-corrected chi connectivity index (χ0v) is 16.3. The van der Waals surface area contributed by atoms with Gasteiger partial charge in [-0.05, 0) is 43.7 Å². The van der Waals surface area contributed by atoms with Crippen LogP contribution in [0.15, 0.2) is 65.1 Å². The van der Waals surface area contributed by atoms with Crippen molar-refractivity contribution in [2.45, 2.75) is 26.9 Å². The highest BCUT2D eigenvalue weighted by Gasteiger charge is 2.08. The van der Waals surface area contributed by atoms with E-state index in [0.717, 1.165) is 23.6 Å². The first-order chi connectivity index (χ1) is 12.7. The number of nitrogens with one attached hydrogen (secondary N) is 1. The Labute approximate surface area is 166 Å². The van der Waals surface area contributed by atoms with E-state index in [4.69, 9.17) is 9.15 Å². The van der Waals surface area contributed by atoms with Gasteiger partial charge in [-0.15, -0.1) is 12.4 Å². The maximum absolute atomic E-state index is 11.7. The summed E-state index contributed by atoms with van der Waals surface area (Å²) in [5.74, 6) is 1.36. The predicted molar refractivity (Wildman–Crippen MR) is 109 cm³/mol. The first kappa shape index (κ1) is 20.7. The summed E-state index contributed by atoms with van der Waals surface area (Å²) < 4.78 is 10.9. The lowest BCUT2D eigenvalue weighted by molar-refractivity contribution is 0.0526. The molecule has 3 rings (SSSR count). The van der Waals surface area contributed by atoms with Gasteiger partial charge in [0.2, 0.25) is 0 Å². The first-order valence-corrected chi connectivity index (χ1v) is 8.78. The second-order valence-electron chi connectivity index (χ2n) is 6.15. The van der Waals surface area contributed by atoms with Gasteiger partial charge in [-0.2, -0.15) is 0 Å². The monoisotopic (exact) mass is 385 g/mol. The molecule has 0 radical (unpaired) electrons. The Hall–Kier alpha value is -2.56. The third kappa shape index (κ3) is 5.71. The van der Waals surface area contributed by atoms with Crippen molar-refractivity contribution >= 4 is 18.4 Å². The number of carbonyl (C=O) groups excluding carboxylic acids is 1. The molecule has 0 aliphatic heterocycles. The van der Waals surface area contributed by atoms with Gasteiger partial charge in [0, 0.05) is 12.1 Å². The average molecular weight is 386 g/mol. The molecule has 0 saturated carbocycles. The third-order valence-corrected chi connectivity index (χ3v) is 4.09. The molecule has 0 aliphatic carbocycles. The Balaban J connectivity index is 0.00000261. The van der Waals surface area contributed by atoms with Crippen molar-refractivity contribution < 1.29 is 13.9 Å². The van der Waals surface area contributed by atoms with Crippen LogP contribution < -0.4 is 5.32 Å². The highest BCUT2D eigenvalue weighted by Crippen LogP contribution is 2.23. The lowest BCUT2D eigenvalue weighted by atomic mass is 10.1. The molecule has 2 aromatic carbocycles. The first-order valence-electron chi connectivity index (χ1n) is 8.78. The van der Waals surface area contributed by atoms with Crippen LogP contribution in [0, 0.1) is 6.92 Å². The SMILES string of the molecule is CCOC(=O)c1ccc(-c2ccc(CNCc3ccc(C)cc3)o2)cc1.Cl. The van der Waals surface area contributed by atoms with Crippen LogP contribution in [0.2, 0.25) is 0 Å². The van der Waals surface area contributed by atoms with Crippen LogP contribution in [0.1, 0.15) is 34.2 Å². The summed E-state index contributed by atoms with van der Waals surface area (Å²) in [6.45, 7) is 5.71. The number of hydrogen-bond donors (Lipinski definition) is 1. The van der Waals surface area contributed by atoms with E-state index in [2.05, 4.69) is 36.5 Å². The molecule has 1 heterocycles. The Morgan fingerprint density at radius 1 is 0.963 bits per heavy atom. The number of aryl methyl sites for hydroxylation is 1. The minimum Gasteiger partial charge on any atom is -0.462 e. The normalized spacial score (nSPS) is 10.3. The van der Waals surface area contributed by atoms with Gasteiger partial charge in [0.15, 0.2) is 0 Å². The van der Waals surface area contributed by atoms with Gasteiger partial charge in [0.1, 0.15) is 11.5 Å². The number of rotatable bonds is 7. The van der Waals surface area contributed by atoms with Gasteiger partial charge >= 0.3 is 5.97 Å². The molecule has 0 amide bonds.